The number of hydrogen-bond acceptors (Lipinski definition) is 7. The largest absolute Gasteiger partial charge is 0.467 e. The molecule has 0 saturated heterocycles. The van der Waals surface area contributed by atoms with Gasteiger partial charge in [0.25, 0.3) is 0 Å². The average molecular weight is 249 g/mol. The Hall–Kier alpha value is -1.86. The molecule has 2 rings (SSSR count). The molecule has 0 bridgehead atoms. The van der Waals surface area contributed by atoms with Crippen LogP contribution in [0.3, 0.4) is 0 Å². The van der Waals surface area contributed by atoms with E-state index in [1.807, 2.05) is 30.3 Å². The lowest BCUT2D eigenvalue weighted by Gasteiger charge is -2.04. The third-order valence-electron chi connectivity index (χ3n) is 1.86. The van der Waals surface area contributed by atoms with Crippen LogP contribution in [0.4, 0.5) is 5.95 Å². The number of hydrazine groups is 1. The van der Waals surface area contributed by atoms with Crippen molar-refractivity contribution in [1.82, 2.24) is 15.0 Å². The highest BCUT2D eigenvalue weighted by molar-refractivity contribution is 7.99. The first kappa shape index (κ1) is 11.6. The Labute approximate surface area is 103 Å². The van der Waals surface area contributed by atoms with Crippen LogP contribution in [-0.2, 0) is 0 Å². The van der Waals surface area contributed by atoms with Gasteiger partial charge in [-0.3, -0.25) is 5.43 Å². The van der Waals surface area contributed by atoms with Crippen molar-refractivity contribution in [2.45, 2.75) is 10.1 Å². The molecule has 1 aromatic carbocycles. The molecule has 17 heavy (non-hydrogen) atoms. The van der Waals surface area contributed by atoms with Gasteiger partial charge in [0.1, 0.15) is 0 Å². The third kappa shape index (κ3) is 3.05. The summed E-state index contributed by atoms with van der Waals surface area (Å²) in [5.74, 6) is 5.54. The van der Waals surface area contributed by atoms with Crippen LogP contribution in [0.2, 0.25) is 0 Å². The van der Waals surface area contributed by atoms with Crippen LogP contribution in [0.5, 0.6) is 6.01 Å². The highest BCUT2D eigenvalue weighted by Crippen LogP contribution is 2.25. The minimum absolute atomic E-state index is 0.228. The highest BCUT2D eigenvalue weighted by atomic mass is 32.2. The Morgan fingerprint density at radius 1 is 1.18 bits per heavy atom. The summed E-state index contributed by atoms with van der Waals surface area (Å²) in [6.07, 6.45) is 0. The number of aromatic nitrogens is 3. The summed E-state index contributed by atoms with van der Waals surface area (Å²) >= 11 is 1.41. The van der Waals surface area contributed by atoms with Crippen molar-refractivity contribution in [1.29, 1.82) is 0 Å². The summed E-state index contributed by atoms with van der Waals surface area (Å²) in [6.45, 7) is 0. The minimum Gasteiger partial charge on any atom is -0.467 e. The number of methoxy groups -OCH3 is 1. The maximum absolute atomic E-state index is 5.27. The molecule has 0 saturated carbocycles. The van der Waals surface area contributed by atoms with E-state index in [4.69, 9.17) is 10.6 Å². The maximum atomic E-state index is 5.27. The normalized spacial score (nSPS) is 10.0. The van der Waals surface area contributed by atoms with Crippen LogP contribution in [0.15, 0.2) is 40.4 Å². The van der Waals surface area contributed by atoms with Crippen LogP contribution in [0, 0.1) is 0 Å². The molecule has 7 heteroatoms. The van der Waals surface area contributed by atoms with Crippen molar-refractivity contribution in [3.8, 4) is 6.01 Å². The lowest BCUT2D eigenvalue weighted by molar-refractivity contribution is 0.373. The Morgan fingerprint density at radius 2 is 1.94 bits per heavy atom. The zero-order valence-corrected chi connectivity index (χ0v) is 9.94. The number of benzene rings is 1. The fourth-order valence-electron chi connectivity index (χ4n) is 1.13. The first-order valence-corrected chi connectivity index (χ1v) is 5.63. The number of nitrogen functional groups attached to an aromatic ring is 1. The number of ether oxygens (including phenoxy) is 1. The quantitative estimate of drug-likeness (QED) is 0.624. The fourth-order valence-corrected chi connectivity index (χ4v) is 1.89. The Balaban J connectivity index is 2.26. The van der Waals surface area contributed by atoms with Crippen LogP contribution < -0.4 is 16.0 Å². The van der Waals surface area contributed by atoms with Crippen LogP contribution in [0.1, 0.15) is 0 Å². The van der Waals surface area contributed by atoms with Gasteiger partial charge in [-0.2, -0.15) is 15.0 Å². The van der Waals surface area contributed by atoms with Crippen molar-refractivity contribution >= 4 is 17.7 Å². The molecule has 1 heterocycles. The first-order valence-electron chi connectivity index (χ1n) is 4.81. The summed E-state index contributed by atoms with van der Waals surface area (Å²) in [7, 11) is 1.49. The second kappa shape index (κ2) is 5.46. The summed E-state index contributed by atoms with van der Waals surface area (Å²) in [5, 5.41) is 0.524. The molecule has 88 valence electrons. The minimum atomic E-state index is 0.228. The van der Waals surface area contributed by atoms with E-state index in [1.165, 1.54) is 18.9 Å². The Kier molecular flexibility index (Phi) is 3.73. The lowest BCUT2D eigenvalue weighted by Crippen LogP contribution is -2.12. The molecule has 0 aliphatic carbocycles. The van der Waals surface area contributed by atoms with Crippen LogP contribution in [0.25, 0.3) is 0 Å². The van der Waals surface area contributed by atoms with E-state index < -0.39 is 0 Å². The zero-order chi connectivity index (χ0) is 12.1. The predicted octanol–water partition coefficient (Wildman–Crippen LogP) is 1.32. The van der Waals surface area contributed by atoms with E-state index in [-0.39, 0.29) is 12.0 Å². The van der Waals surface area contributed by atoms with Gasteiger partial charge in [-0.25, -0.2) is 5.84 Å². The van der Waals surface area contributed by atoms with Crippen LogP contribution in [-0.4, -0.2) is 22.1 Å². The molecular formula is C10H11N5OS. The molecule has 1 aromatic heterocycles. The molecule has 0 aliphatic heterocycles. The van der Waals surface area contributed by atoms with Gasteiger partial charge in [0.15, 0.2) is 0 Å². The Morgan fingerprint density at radius 3 is 2.59 bits per heavy atom. The molecule has 0 unspecified atom stereocenters. The van der Waals surface area contributed by atoms with Gasteiger partial charge in [-0.1, -0.05) is 18.2 Å². The van der Waals surface area contributed by atoms with Crippen molar-refractivity contribution in [2.24, 2.45) is 5.84 Å². The molecular weight excluding hydrogens is 238 g/mol. The van der Waals surface area contributed by atoms with E-state index >= 15 is 0 Å². The molecule has 0 atom stereocenters. The van der Waals surface area contributed by atoms with Gasteiger partial charge in [0.2, 0.25) is 11.1 Å². The van der Waals surface area contributed by atoms with Gasteiger partial charge in [0, 0.05) is 4.90 Å². The fraction of sp³-hybridized carbons (Fsp3) is 0.100. The van der Waals surface area contributed by atoms with Crippen molar-refractivity contribution in [3.05, 3.63) is 30.3 Å². The second-order valence-electron chi connectivity index (χ2n) is 2.99. The maximum Gasteiger partial charge on any atom is 0.322 e. The Bertz CT molecular complexity index is 471. The van der Waals surface area contributed by atoms with Crippen molar-refractivity contribution in [3.63, 3.8) is 0 Å². The second-order valence-corrected chi connectivity index (χ2v) is 4.03. The number of nitrogens with two attached hydrogens (primary N) is 1. The van der Waals surface area contributed by atoms with Gasteiger partial charge >= 0.3 is 6.01 Å². The standard InChI is InChI=1S/C10H11N5OS/c1-16-9-12-8(15-11)13-10(14-9)17-7-5-3-2-4-6-7/h2-6H,11H2,1H3,(H,12,13,14,15). The van der Waals surface area contributed by atoms with Crippen molar-refractivity contribution < 1.29 is 4.74 Å². The van der Waals surface area contributed by atoms with Gasteiger partial charge in [-0.15, -0.1) is 0 Å². The van der Waals surface area contributed by atoms with E-state index in [0.29, 0.717) is 5.16 Å². The molecule has 0 fully saturated rings. The lowest BCUT2D eigenvalue weighted by atomic mass is 10.4. The molecule has 6 nitrogen and oxygen atoms in total. The van der Waals surface area contributed by atoms with E-state index in [9.17, 15) is 0 Å². The number of nitrogens with zero attached hydrogens (tertiary/aromatic N) is 3. The van der Waals surface area contributed by atoms with E-state index in [0.717, 1.165) is 4.90 Å². The number of rotatable bonds is 4. The highest BCUT2D eigenvalue weighted by Gasteiger charge is 2.07. The predicted molar refractivity (Wildman–Crippen MR) is 64.8 cm³/mol. The summed E-state index contributed by atoms with van der Waals surface area (Å²) in [4.78, 5) is 13.2. The van der Waals surface area contributed by atoms with Gasteiger partial charge in [0.05, 0.1) is 7.11 Å². The summed E-state index contributed by atoms with van der Waals surface area (Å²) in [6, 6.07) is 10.0. The topological polar surface area (TPSA) is 86.0 Å². The molecule has 0 radical (unpaired) electrons. The molecule has 2 aromatic rings. The third-order valence-corrected chi connectivity index (χ3v) is 2.73. The number of hydrogen-bond donors (Lipinski definition) is 2. The first-order chi connectivity index (χ1) is 8.31. The summed E-state index contributed by atoms with van der Waals surface area (Å²) in [5.41, 5.74) is 2.37. The van der Waals surface area contributed by atoms with E-state index in [1.54, 1.807) is 0 Å². The molecule has 0 aliphatic rings. The smallest absolute Gasteiger partial charge is 0.322 e. The van der Waals surface area contributed by atoms with Gasteiger partial charge in [-0.05, 0) is 23.9 Å². The van der Waals surface area contributed by atoms with Gasteiger partial charge < -0.3 is 4.74 Å². The van der Waals surface area contributed by atoms with Crippen LogP contribution >= 0.6 is 11.8 Å². The number of anilines is 1. The zero-order valence-electron chi connectivity index (χ0n) is 9.12. The monoisotopic (exact) mass is 249 g/mol. The molecule has 3 N–H and O–H groups in total. The van der Waals surface area contributed by atoms with E-state index in [2.05, 4.69) is 20.4 Å². The molecule has 0 amide bonds. The number of nitrogens with one attached hydrogen (secondary N) is 1. The molecule has 0 spiro atoms. The van der Waals surface area contributed by atoms with Crippen molar-refractivity contribution in [2.75, 3.05) is 12.5 Å². The SMILES string of the molecule is COc1nc(NN)nc(Sc2ccccc2)n1. The average Bonchev–Trinajstić information content (AvgIpc) is 2.39. The summed E-state index contributed by atoms with van der Waals surface area (Å²) < 4.78 is 4.96.